The molecule has 2 radical (unpaired) electrons. The van der Waals surface area contributed by atoms with Crippen LogP contribution < -0.4 is 10.2 Å². The van der Waals surface area contributed by atoms with Crippen molar-refractivity contribution >= 4 is 13.5 Å². The molecule has 1 unspecified atom stereocenters. The molecule has 0 amide bonds. The first-order valence-electron chi connectivity index (χ1n) is 6.58. The zero-order valence-electron chi connectivity index (χ0n) is 12.1. The Bertz CT molecular complexity index is 356. The standard InChI is InChI=1S/C14H24BN3O/c1-17(2)8-9-18(3)13-6-4-12(5-7-13)14(10-19)16-11-15/h4-7,14,16,19H,8-11H2,1-3H3. The average molecular weight is 261 g/mol. The van der Waals surface area contributed by atoms with Gasteiger partial charge in [0.2, 0.25) is 0 Å². The molecule has 0 aliphatic rings. The Kier molecular flexibility index (Phi) is 6.91. The Morgan fingerprint density at radius 2 is 1.79 bits per heavy atom. The first kappa shape index (κ1) is 16.0. The number of anilines is 1. The average Bonchev–Trinajstić information content (AvgIpc) is 2.42. The third-order valence-corrected chi connectivity index (χ3v) is 3.17. The summed E-state index contributed by atoms with van der Waals surface area (Å²) in [4.78, 5) is 4.38. The summed E-state index contributed by atoms with van der Waals surface area (Å²) in [6.45, 7) is 2.05. The fourth-order valence-electron chi connectivity index (χ4n) is 1.87. The van der Waals surface area contributed by atoms with E-state index in [2.05, 4.69) is 48.4 Å². The third kappa shape index (κ3) is 5.23. The number of likely N-dealkylation sites (N-methyl/N-ethyl adjacent to an activating group) is 2. The molecule has 1 aromatic carbocycles. The molecule has 1 rings (SSSR count). The predicted molar refractivity (Wildman–Crippen MR) is 81.8 cm³/mol. The maximum absolute atomic E-state index is 9.30. The highest BCUT2D eigenvalue weighted by molar-refractivity contribution is 6.08. The molecule has 1 atom stereocenters. The van der Waals surface area contributed by atoms with Crippen LogP contribution in [0.25, 0.3) is 0 Å². The first-order valence-corrected chi connectivity index (χ1v) is 6.58. The summed E-state index contributed by atoms with van der Waals surface area (Å²) < 4.78 is 0. The van der Waals surface area contributed by atoms with Gasteiger partial charge in [0, 0.05) is 25.8 Å². The van der Waals surface area contributed by atoms with Crippen LogP contribution in [0.2, 0.25) is 0 Å². The Hall–Kier alpha value is -1.04. The van der Waals surface area contributed by atoms with Gasteiger partial charge >= 0.3 is 0 Å². The maximum Gasteiger partial charge on any atom is 0.0859 e. The molecule has 4 nitrogen and oxygen atoms in total. The van der Waals surface area contributed by atoms with Crippen molar-refractivity contribution in [2.75, 3.05) is 52.2 Å². The fraction of sp³-hybridized carbons (Fsp3) is 0.571. The minimum atomic E-state index is -0.0915. The van der Waals surface area contributed by atoms with Crippen LogP contribution in [0.5, 0.6) is 0 Å². The van der Waals surface area contributed by atoms with Crippen LogP contribution >= 0.6 is 0 Å². The fourth-order valence-corrected chi connectivity index (χ4v) is 1.87. The van der Waals surface area contributed by atoms with Crippen molar-refractivity contribution in [3.05, 3.63) is 29.8 Å². The van der Waals surface area contributed by atoms with E-state index in [0.29, 0.717) is 6.44 Å². The Morgan fingerprint density at radius 3 is 2.26 bits per heavy atom. The van der Waals surface area contributed by atoms with Crippen molar-refractivity contribution in [1.29, 1.82) is 0 Å². The number of hydrogen-bond donors (Lipinski definition) is 2. The van der Waals surface area contributed by atoms with Gasteiger partial charge in [-0.1, -0.05) is 12.1 Å². The highest BCUT2D eigenvalue weighted by Gasteiger charge is 2.09. The van der Waals surface area contributed by atoms with E-state index in [1.54, 1.807) is 0 Å². The molecule has 0 heterocycles. The molecular weight excluding hydrogens is 237 g/mol. The van der Waals surface area contributed by atoms with Gasteiger partial charge in [-0.15, -0.1) is 0 Å². The van der Waals surface area contributed by atoms with Crippen LogP contribution in [0.1, 0.15) is 11.6 Å². The molecule has 0 aliphatic heterocycles. The number of nitrogens with zero attached hydrogens (tertiary/aromatic N) is 2. The highest BCUT2D eigenvalue weighted by Crippen LogP contribution is 2.18. The summed E-state index contributed by atoms with van der Waals surface area (Å²) in [7, 11) is 11.7. The SMILES string of the molecule is [B]CNC(CO)c1ccc(N(C)CCN(C)C)cc1. The smallest absolute Gasteiger partial charge is 0.0859 e. The van der Waals surface area contributed by atoms with E-state index in [1.807, 2.05) is 12.1 Å². The summed E-state index contributed by atoms with van der Waals surface area (Å²) in [5.74, 6) is 0. The second kappa shape index (κ2) is 8.20. The van der Waals surface area contributed by atoms with Gasteiger partial charge < -0.3 is 20.2 Å². The Labute approximate surface area is 117 Å². The molecule has 0 bridgehead atoms. The molecule has 2 N–H and O–H groups in total. The second-order valence-corrected chi connectivity index (χ2v) is 4.96. The van der Waals surface area contributed by atoms with Crippen LogP contribution in [0.3, 0.4) is 0 Å². The second-order valence-electron chi connectivity index (χ2n) is 4.96. The molecule has 104 valence electrons. The van der Waals surface area contributed by atoms with E-state index in [0.717, 1.165) is 18.7 Å². The summed E-state index contributed by atoms with van der Waals surface area (Å²) in [5, 5.41) is 12.3. The maximum atomic E-state index is 9.30. The molecule has 5 heteroatoms. The molecular formula is C14H24BN3O. The Balaban J connectivity index is 2.64. The molecule has 1 aromatic rings. The van der Waals surface area contributed by atoms with Gasteiger partial charge in [0.1, 0.15) is 0 Å². The van der Waals surface area contributed by atoms with Crippen molar-refractivity contribution in [2.24, 2.45) is 0 Å². The van der Waals surface area contributed by atoms with Gasteiger partial charge in [0.25, 0.3) is 0 Å². The normalized spacial score (nSPS) is 12.7. The lowest BCUT2D eigenvalue weighted by molar-refractivity contribution is 0.249. The summed E-state index contributed by atoms with van der Waals surface area (Å²) in [6.07, 6.45) is 0.357. The summed E-state index contributed by atoms with van der Waals surface area (Å²) in [6, 6.07) is 8.12. The van der Waals surface area contributed by atoms with Crippen molar-refractivity contribution in [1.82, 2.24) is 10.2 Å². The minimum Gasteiger partial charge on any atom is -0.394 e. The topological polar surface area (TPSA) is 38.7 Å². The van der Waals surface area contributed by atoms with Crippen LogP contribution in [0.15, 0.2) is 24.3 Å². The number of rotatable bonds is 8. The van der Waals surface area contributed by atoms with E-state index in [1.165, 1.54) is 5.69 Å². The molecule has 0 fully saturated rings. The number of benzene rings is 1. The van der Waals surface area contributed by atoms with E-state index in [-0.39, 0.29) is 12.6 Å². The lowest BCUT2D eigenvalue weighted by Gasteiger charge is -2.22. The summed E-state index contributed by atoms with van der Waals surface area (Å²) >= 11 is 0. The number of hydrogen-bond acceptors (Lipinski definition) is 4. The molecule has 0 aliphatic carbocycles. The monoisotopic (exact) mass is 261 g/mol. The van der Waals surface area contributed by atoms with E-state index < -0.39 is 0 Å². The quantitative estimate of drug-likeness (QED) is 0.666. The Morgan fingerprint density at radius 1 is 1.16 bits per heavy atom. The molecule has 0 aromatic heterocycles. The molecule has 19 heavy (non-hydrogen) atoms. The molecule has 0 spiro atoms. The lowest BCUT2D eigenvalue weighted by Crippen LogP contribution is -2.28. The van der Waals surface area contributed by atoms with Crippen LogP contribution in [0.4, 0.5) is 5.69 Å². The van der Waals surface area contributed by atoms with Crippen LogP contribution in [-0.4, -0.2) is 65.1 Å². The zero-order valence-corrected chi connectivity index (χ0v) is 12.1. The van der Waals surface area contributed by atoms with E-state index in [4.69, 9.17) is 7.85 Å². The van der Waals surface area contributed by atoms with Gasteiger partial charge in [-0.05, 0) is 38.2 Å². The minimum absolute atomic E-state index is 0.0486. The van der Waals surface area contributed by atoms with Crippen LogP contribution in [-0.2, 0) is 0 Å². The number of nitrogens with one attached hydrogen (secondary N) is 1. The number of aliphatic hydroxyl groups excluding tert-OH is 1. The van der Waals surface area contributed by atoms with Crippen molar-refractivity contribution in [3.63, 3.8) is 0 Å². The van der Waals surface area contributed by atoms with Crippen LogP contribution in [0, 0.1) is 0 Å². The third-order valence-electron chi connectivity index (χ3n) is 3.17. The van der Waals surface area contributed by atoms with Gasteiger partial charge in [0.05, 0.1) is 20.5 Å². The molecule has 0 saturated heterocycles. The largest absolute Gasteiger partial charge is 0.394 e. The lowest BCUT2D eigenvalue weighted by atomic mass is 10.0. The van der Waals surface area contributed by atoms with Crippen molar-refractivity contribution in [2.45, 2.75) is 6.04 Å². The number of aliphatic hydroxyl groups is 1. The summed E-state index contributed by atoms with van der Waals surface area (Å²) in [5.41, 5.74) is 2.23. The predicted octanol–water partition coefficient (Wildman–Crippen LogP) is 0.433. The van der Waals surface area contributed by atoms with Gasteiger partial charge in [-0.25, -0.2) is 0 Å². The van der Waals surface area contributed by atoms with E-state index in [9.17, 15) is 5.11 Å². The molecule has 0 saturated carbocycles. The van der Waals surface area contributed by atoms with E-state index >= 15 is 0 Å². The van der Waals surface area contributed by atoms with Crippen molar-refractivity contribution < 1.29 is 5.11 Å². The van der Waals surface area contributed by atoms with Gasteiger partial charge in [-0.2, -0.15) is 0 Å². The highest BCUT2D eigenvalue weighted by atomic mass is 16.3. The first-order chi connectivity index (χ1) is 9.08. The van der Waals surface area contributed by atoms with Crippen molar-refractivity contribution in [3.8, 4) is 0 Å². The van der Waals surface area contributed by atoms with Gasteiger partial charge in [-0.3, -0.25) is 0 Å². The van der Waals surface area contributed by atoms with Gasteiger partial charge in [0.15, 0.2) is 0 Å². The zero-order chi connectivity index (χ0) is 14.3.